The average Bonchev–Trinajstić information content (AvgIpc) is 2.41. The highest BCUT2D eigenvalue weighted by Gasteiger charge is 2.00. The minimum Gasteiger partial charge on any atom is -0.159 e. The van der Waals surface area contributed by atoms with E-state index in [1.165, 1.54) is 0 Å². The third-order valence-corrected chi connectivity index (χ3v) is 3.68. The van der Waals surface area contributed by atoms with E-state index in [1.54, 1.807) is 18.5 Å². The maximum atomic E-state index is 6.03. The van der Waals surface area contributed by atoms with Crippen LogP contribution in [0, 0.1) is 0 Å². The van der Waals surface area contributed by atoms with Crippen LogP contribution in [0.25, 0.3) is 0 Å². The number of nitrogens with zero attached hydrogens (tertiary/aromatic N) is 2. The van der Waals surface area contributed by atoms with Crippen LogP contribution in [0.1, 0.15) is 11.1 Å². The third kappa shape index (κ3) is 4.16. The van der Waals surface area contributed by atoms with Gasteiger partial charge in [0.15, 0.2) is 0 Å². The van der Waals surface area contributed by atoms with Crippen LogP contribution in [-0.2, 0) is 0 Å². The van der Waals surface area contributed by atoms with Crippen molar-refractivity contribution in [1.29, 1.82) is 0 Å². The molecule has 96 valence electrons. The van der Waals surface area contributed by atoms with Crippen LogP contribution in [0.15, 0.2) is 57.1 Å². The maximum Gasteiger partial charge on any atom is 0.0680 e. The van der Waals surface area contributed by atoms with Crippen LogP contribution < -0.4 is 0 Å². The first-order valence-corrected chi connectivity index (χ1v) is 6.98. The molecule has 0 fully saturated rings. The molecular weight excluding hydrogens is 347 g/mol. The fourth-order valence-corrected chi connectivity index (χ4v) is 1.99. The molecule has 2 aromatic rings. The van der Waals surface area contributed by atoms with E-state index in [-0.39, 0.29) is 0 Å². The van der Waals surface area contributed by atoms with Gasteiger partial charge in [-0.05, 0) is 23.8 Å². The Morgan fingerprint density at radius 3 is 2.32 bits per heavy atom. The van der Waals surface area contributed by atoms with Crippen molar-refractivity contribution in [2.24, 2.45) is 10.2 Å². The van der Waals surface area contributed by atoms with Crippen molar-refractivity contribution >= 4 is 51.6 Å². The minimum absolute atomic E-state index is 0.478. The van der Waals surface area contributed by atoms with Gasteiger partial charge >= 0.3 is 0 Å². The zero-order chi connectivity index (χ0) is 13.7. The van der Waals surface area contributed by atoms with Crippen molar-refractivity contribution in [3.05, 3.63) is 68.1 Å². The second-order valence-electron chi connectivity index (χ2n) is 3.68. The van der Waals surface area contributed by atoms with E-state index >= 15 is 0 Å². The van der Waals surface area contributed by atoms with E-state index in [0.717, 1.165) is 15.6 Å². The van der Waals surface area contributed by atoms with Crippen LogP contribution in [0.2, 0.25) is 10.0 Å². The Balaban J connectivity index is 2.07. The monoisotopic (exact) mass is 354 g/mol. The molecule has 0 saturated carbocycles. The van der Waals surface area contributed by atoms with Crippen molar-refractivity contribution in [2.75, 3.05) is 0 Å². The van der Waals surface area contributed by atoms with Gasteiger partial charge in [-0.25, -0.2) is 0 Å². The predicted molar refractivity (Wildman–Crippen MR) is 85.8 cm³/mol. The van der Waals surface area contributed by atoms with E-state index in [0.29, 0.717) is 10.0 Å². The second-order valence-corrected chi connectivity index (χ2v) is 5.38. The Labute approximate surface area is 129 Å². The van der Waals surface area contributed by atoms with Gasteiger partial charge in [0, 0.05) is 10.0 Å². The molecule has 0 heterocycles. The van der Waals surface area contributed by atoms with Crippen molar-refractivity contribution in [2.45, 2.75) is 0 Å². The van der Waals surface area contributed by atoms with E-state index in [2.05, 4.69) is 26.1 Å². The lowest BCUT2D eigenvalue weighted by Crippen LogP contribution is -1.83. The lowest BCUT2D eigenvalue weighted by Gasteiger charge is -1.97. The standard InChI is InChI=1S/C14H9BrCl2N2/c15-12-6-4-10(5-7-12)8-18-19-9-11-2-1-3-13(16)14(11)17/h1-9H. The van der Waals surface area contributed by atoms with Gasteiger partial charge in [-0.3, -0.25) is 0 Å². The van der Waals surface area contributed by atoms with Crippen molar-refractivity contribution in [3.8, 4) is 0 Å². The fourth-order valence-electron chi connectivity index (χ4n) is 1.36. The molecule has 2 aromatic carbocycles. The normalized spacial score (nSPS) is 11.5. The van der Waals surface area contributed by atoms with Crippen LogP contribution in [-0.4, -0.2) is 12.4 Å². The van der Waals surface area contributed by atoms with E-state index < -0.39 is 0 Å². The Bertz CT molecular complexity index is 622. The highest BCUT2D eigenvalue weighted by molar-refractivity contribution is 9.10. The van der Waals surface area contributed by atoms with Gasteiger partial charge in [0.25, 0.3) is 0 Å². The first kappa shape index (κ1) is 14.3. The third-order valence-electron chi connectivity index (χ3n) is 2.32. The first-order valence-electron chi connectivity index (χ1n) is 5.43. The van der Waals surface area contributed by atoms with Crippen molar-refractivity contribution < 1.29 is 0 Å². The number of halogens is 3. The molecule has 0 bridgehead atoms. The molecule has 0 aliphatic rings. The molecule has 5 heteroatoms. The summed E-state index contributed by atoms with van der Waals surface area (Å²) in [4.78, 5) is 0. The molecule has 19 heavy (non-hydrogen) atoms. The zero-order valence-corrected chi connectivity index (χ0v) is 12.8. The molecule has 0 aromatic heterocycles. The van der Waals surface area contributed by atoms with E-state index in [4.69, 9.17) is 23.2 Å². The van der Waals surface area contributed by atoms with Crippen LogP contribution in [0.4, 0.5) is 0 Å². The lowest BCUT2D eigenvalue weighted by atomic mass is 10.2. The van der Waals surface area contributed by atoms with Gasteiger partial charge < -0.3 is 0 Å². The van der Waals surface area contributed by atoms with Gasteiger partial charge in [0.1, 0.15) is 0 Å². The number of benzene rings is 2. The molecule has 0 saturated heterocycles. The molecule has 2 nitrogen and oxygen atoms in total. The van der Waals surface area contributed by atoms with Crippen LogP contribution >= 0.6 is 39.1 Å². The summed E-state index contributed by atoms with van der Waals surface area (Å²) in [6.07, 6.45) is 3.24. The zero-order valence-electron chi connectivity index (χ0n) is 9.72. The maximum absolute atomic E-state index is 6.03. The van der Waals surface area contributed by atoms with Crippen molar-refractivity contribution in [1.82, 2.24) is 0 Å². The van der Waals surface area contributed by atoms with Crippen LogP contribution in [0.3, 0.4) is 0 Å². The van der Waals surface area contributed by atoms with Gasteiger partial charge in [-0.15, -0.1) is 0 Å². The highest BCUT2D eigenvalue weighted by atomic mass is 79.9. The fraction of sp³-hybridized carbons (Fsp3) is 0. The molecule has 0 amide bonds. The molecule has 0 unspecified atom stereocenters. The number of rotatable bonds is 3. The topological polar surface area (TPSA) is 24.7 Å². The number of hydrogen-bond donors (Lipinski definition) is 0. The number of hydrogen-bond acceptors (Lipinski definition) is 2. The van der Waals surface area contributed by atoms with Crippen LogP contribution in [0.5, 0.6) is 0 Å². The summed E-state index contributed by atoms with van der Waals surface area (Å²) >= 11 is 15.3. The summed E-state index contributed by atoms with van der Waals surface area (Å²) in [5.41, 5.74) is 1.71. The average molecular weight is 356 g/mol. The summed E-state index contributed by atoms with van der Waals surface area (Å²) in [5.74, 6) is 0. The van der Waals surface area contributed by atoms with Gasteiger partial charge in [-0.2, -0.15) is 10.2 Å². The summed E-state index contributed by atoms with van der Waals surface area (Å²) < 4.78 is 1.03. The largest absolute Gasteiger partial charge is 0.159 e. The van der Waals surface area contributed by atoms with Gasteiger partial charge in [0.2, 0.25) is 0 Å². The molecule has 0 atom stereocenters. The van der Waals surface area contributed by atoms with Gasteiger partial charge in [0.05, 0.1) is 22.5 Å². The first-order chi connectivity index (χ1) is 9.16. The molecule has 0 spiro atoms. The van der Waals surface area contributed by atoms with E-state index in [1.807, 2.05) is 36.4 Å². The molecule has 0 N–H and O–H groups in total. The summed E-state index contributed by atoms with van der Waals surface area (Å²) in [6, 6.07) is 13.1. The Morgan fingerprint density at radius 1 is 0.895 bits per heavy atom. The SMILES string of the molecule is Clc1cccc(C=NN=Cc2ccc(Br)cc2)c1Cl. The quantitative estimate of drug-likeness (QED) is 0.533. The summed E-state index contributed by atoms with van der Waals surface area (Å²) in [5, 5.41) is 8.90. The predicted octanol–water partition coefficient (Wildman–Crippen LogP) is 5.21. The summed E-state index contributed by atoms with van der Waals surface area (Å²) in [6.45, 7) is 0. The van der Waals surface area contributed by atoms with Crippen molar-refractivity contribution in [3.63, 3.8) is 0 Å². The lowest BCUT2D eigenvalue weighted by molar-refractivity contribution is 1.26. The summed E-state index contributed by atoms with van der Waals surface area (Å²) in [7, 11) is 0. The molecular formula is C14H9BrCl2N2. The highest BCUT2D eigenvalue weighted by Crippen LogP contribution is 2.24. The minimum atomic E-state index is 0.478. The molecule has 0 radical (unpaired) electrons. The molecule has 0 aliphatic heterocycles. The second kappa shape index (κ2) is 6.85. The Morgan fingerprint density at radius 2 is 1.58 bits per heavy atom. The molecule has 2 rings (SSSR count). The smallest absolute Gasteiger partial charge is 0.0680 e. The Hall–Kier alpha value is -1.16. The van der Waals surface area contributed by atoms with Gasteiger partial charge in [-0.1, -0.05) is 63.4 Å². The Kier molecular flexibility index (Phi) is 5.14. The van der Waals surface area contributed by atoms with E-state index in [9.17, 15) is 0 Å². The molecule has 0 aliphatic carbocycles.